The SMILES string of the molecule is CCn1nnc2cc(C(=O)OCC(=O)Nc3ccccc3F)ccc21. The Hall–Kier alpha value is -3.29. The van der Waals surface area contributed by atoms with E-state index in [4.69, 9.17) is 4.74 Å². The zero-order valence-electron chi connectivity index (χ0n) is 13.4. The van der Waals surface area contributed by atoms with Gasteiger partial charge in [-0.2, -0.15) is 0 Å². The number of halogens is 1. The van der Waals surface area contributed by atoms with E-state index in [1.807, 2.05) is 6.92 Å². The number of hydrogen-bond donors (Lipinski definition) is 1. The van der Waals surface area contributed by atoms with Crippen molar-refractivity contribution in [2.24, 2.45) is 0 Å². The molecule has 0 saturated heterocycles. The molecular weight excluding hydrogens is 327 g/mol. The average Bonchev–Trinajstić information content (AvgIpc) is 3.04. The minimum absolute atomic E-state index is 0.0288. The molecule has 2 aromatic carbocycles. The Balaban J connectivity index is 1.62. The summed E-state index contributed by atoms with van der Waals surface area (Å²) in [5, 5.41) is 10.3. The third-order valence-corrected chi connectivity index (χ3v) is 3.53. The number of nitrogens with one attached hydrogen (secondary N) is 1. The van der Waals surface area contributed by atoms with Crippen molar-refractivity contribution in [2.45, 2.75) is 13.5 Å². The van der Waals surface area contributed by atoms with Crippen LogP contribution in [0.25, 0.3) is 11.0 Å². The van der Waals surface area contributed by atoms with Gasteiger partial charge in [-0.25, -0.2) is 13.9 Å². The molecule has 0 aliphatic carbocycles. The van der Waals surface area contributed by atoms with Gasteiger partial charge in [0.2, 0.25) is 0 Å². The maximum Gasteiger partial charge on any atom is 0.338 e. The van der Waals surface area contributed by atoms with Crippen LogP contribution in [-0.2, 0) is 16.1 Å². The molecule has 0 saturated carbocycles. The van der Waals surface area contributed by atoms with Gasteiger partial charge in [-0.15, -0.1) is 5.10 Å². The van der Waals surface area contributed by atoms with Crippen LogP contribution in [0.3, 0.4) is 0 Å². The fourth-order valence-corrected chi connectivity index (χ4v) is 2.30. The molecule has 1 aromatic heterocycles. The predicted octanol–water partition coefficient (Wildman–Crippen LogP) is 2.39. The number of rotatable bonds is 5. The van der Waals surface area contributed by atoms with Gasteiger partial charge in [0.15, 0.2) is 6.61 Å². The number of aryl methyl sites for hydroxylation is 1. The summed E-state index contributed by atoms with van der Waals surface area (Å²) in [5.74, 6) is -1.86. The van der Waals surface area contributed by atoms with E-state index < -0.39 is 24.3 Å². The van der Waals surface area contributed by atoms with Gasteiger partial charge in [0, 0.05) is 6.54 Å². The summed E-state index contributed by atoms with van der Waals surface area (Å²) < 4.78 is 20.1. The normalized spacial score (nSPS) is 10.6. The number of benzene rings is 2. The quantitative estimate of drug-likeness (QED) is 0.720. The molecule has 3 rings (SSSR count). The number of esters is 1. The van der Waals surface area contributed by atoms with Crippen molar-refractivity contribution in [2.75, 3.05) is 11.9 Å². The summed E-state index contributed by atoms with van der Waals surface area (Å²) in [6.07, 6.45) is 0. The first-order valence-electron chi connectivity index (χ1n) is 7.63. The number of amides is 1. The van der Waals surface area contributed by atoms with Gasteiger partial charge in [-0.1, -0.05) is 17.3 Å². The number of ether oxygens (including phenoxy) is 1. The number of aromatic nitrogens is 3. The molecule has 1 N–H and O–H groups in total. The number of para-hydroxylation sites is 1. The van der Waals surface area contributed by atoms with Crippen LogP contribution >= 0.6 is 0 Å². The molecule has 3 aromatic rings. The van der Waals surface area contributed by atoms with E-state index in [-0.39, 0.29) is 11.3 Å². The van der Waals surface area contributed by atoms with Crippen LogP contribution in [0.4, 0.5) is 10.1 Å². The number of nitrogens with zero attached hydrogens (tertiary/aromatic N) is 3. The first-order chi connectivity index (χ1) is 12.1. The fourth-order valence-electron chi connectivity index (χ4n) is 2.30. The highest BCUT2D eigenvalue weighted by Gasteiger charge is 2.13. The van der Waals surface area contributed by atoms with Crippen molar-refractivity contribution >= 4 is 28.6 Å². The van der Waals surface area contributed by atoms with E-state index in [1.165, 1.54) is 18.2 Å². The number of carbonyl (C=O) groups is 2. The molecular formula is C17H15FN4O3. The van der Waals surface area contributed by atoms with Crippen molar-refractivity contribution < 1.29 is 18.7 Å². The van der Waals surface area contributed by atoms with Crippen LogP contribution in [0, 0.1) is 5.82 Å². The highest BCUT2D eigenvalue weighted by molar-refractivity contribution is 5.97. The van der Waals surface area contributed by atoms with E-state index in [9.17, 15) is 14.0 Å². The van der Waals surface area contributed by atoms with E-state index >= 15 is 0 Å². The van der Waals surface area contributed by atoms with E-state index in [0.29, 0.717) is 12.1 Å². The maximum absolute atomic E-state index is 13.5. The third-order valence-electron chi connectivity index (χ3n) is 3.53. The Morgan fingerprint density at radius 1 is 1.24 bits per heavy atom. The molecule has 0 unspecified atom stereocenters. The van der Waals surface area contributed by atoms with Crippen molar-refractivity contribution in [1.29, 1.82) is 0 Å². The largest absolute Gasteiger partial charge is 0.452 e. The second-order valence-corrected chi connectivity index (χ2v) is 5.21. The van der Waals surface area contributed by atoms with Crippen molar-refractivity contribution in [3.63, 3.8) is 0 Å². The van der Waals surface area contributed by atoms with Gasteiger partial charge >= 0.3 is 5.97 Å². The first kappa shape index (κ1) is 16.6. The molecule has 8 heteroatoms. The van der Waals surface area contributed by atoms with Crippen LogP contribution in [0.5, 0.6) is 0 Å². The lowest BCUT2D eigenvalue weighted by Gasteiger charge is -2.07. The van der Waals surface area contributed by atoms with Crippen LogP contribution < -0.4 is 5.32 Å². The zero-order valence-corrected chi connectivity index (χ0v) is 13.4. The molecule has 7 nitrogen and oxygen atoms in total. The van der Waals surface area contributed by atoms with Gasteiger partial charge in [0.1, 0.15) is 11.3 Å². The third kappa shape index (κ3) is 3.63. The maximum atomic E-state index is 13.5. The molecule has 1 heterocycles. The second-order valence-electron chi connectivity index (χ2n) is 5.21. The molecule has 0 spiro atoms. The number of hydrogen-bond acceptors (Lipinski definition) is 5. The standard InChI is InChI=1S/C17H15FN4O3/c1-2-22-15-8-7-11(9-14(15)20-21-22)17(24)25-10-16(23)19-13-6-4-3-5-12(13)18/h3-9H,2,10H2,1H3,(H,19,23). The molecule has 0 fully saturated rings. The van der Waals surface area contributed by atoms with Crippen molar-refractivity contribution in [3.8, 4) is 0 Å². The van der Waals surface area contributed by atoms with Gasteiger partial charge in [-0.3, -0.25) is 4.79 Å². The summed E-state index contributed by atoms with van der Waals surface area (Å²) in [6, 6.07) is 10.6. The summed E-state index contributed by atoms with van der Waals surface area (Å²) in [7, 11) is 0. The lowest BCUT2D eigenvalue weighted by Crippen LogP contribution is -2.21. The molecule has 128 valence electrons. The first-order valence-corrected chi connectivity index (χ1v) is 7.63. The van der Waals surface area contributed by atoms with Crippen LogP contribution in [-0.4, -0.2) is 33.5 Å². The highest BCUT2D eigenvalue weighted by Crippen LogP contribution is 2.15. The Morgan fingerprint density at radius 2 is 2.04 bits per heavy atom. The van der Waals surface area contributed by atoms with E-state index in [1.54, 1.807) is 28.9 Å². The second kappa shape index (κ2) is 7.08. The number of anilines is 1. The van der Waals surface area contributed by atoms with Crippen molar-refractivity contribution in [1.82, 2.24) is 15.0 Å². The van der Waals surface area contributed by atoms with E-state index in [0.717, 1.165) is 5.52 Å². The number of fused-ring (bicyclic) bond motifs is 1. The fraction of sp³-hybridized carbons (Fsp3) is 0.176. The van der Waals surface area contributed by atoms with Gasteiger partial charge in [-0.05, 0) is 37.3 Å². The lowest BCUT2D eigenvalue weighted by molar-refractivity contribution is -0.119. The molecule has 1 amide bonds. The Kier molecular flexibility index (Phi) is 4.69. The molecule has 0 radical (unpaired) electrons. The predicted molar refractivity (Wildman–Crippen MR) is 88.5 cm³/mol. The van der Waals surface area contributed by atoms with Crippen LogP contribution in [0.15, 0.2) is 42.5 Å². The van der Waals surface area contributed by atoms with Crippen LogP contribution in [0.1, 0.15) is 17.3 Å². The Morgan fingerprint density at radius 3 is 2.80 bits per heavy atom. The molecule has 0 atom stereocenters. The molecule has 0 aliphatic rings. The van der Waals surface area contributed by atoms with Crippen LogP contribution in [0.2, 0.25) is 0 Å². The topological polar surface area (TPSA) is 86.1 Å². The van der Waals surface area contributed by atoms with E-state index in [2.05, 4.69) is 15.6 Å². The van der Waals surface area contributed by atoms with Gasteiger partial charge in [0.25, 0.3) is 5.91 Å². The summed E-state index contributed by atoms with van der Waals surface area (Å²) >= 11 is 0. The smallest absolute Gasteiger partial charge is 0.338 e. The monoisotopic (exact) mass is 342 g/mol. The Bertz CT molecular complexity index is 939. The summed E-state index contributed by atoms with van der Waals surface area (Å²) in [4.78, 5) is 23.8. The minimum atomic E-state index is -0.670. The van der Waals surface area contributed by atoms with Crippen molar-refractivity contribution in [3.05, 3.63) is 53.8 Å². The average molecular weight is 342 g/mol. The summed E-state index contributed by atoms with van der Waals surface area (Å²) in [5.41, 5.74) is 1.65. The van der Waals surface area contributed by atoms with Gasteiger partial charge in [0.05, 0.1) is 16.8 Å². The zero-order chi connectivity index (χ0) is 17.8. The number of carbonyl (C=O) groups excluding carboxylic acids is 2. The highest BCUT2D eigenvalue weighted by atomic mass is 19.1. The molecule has 25 heavy (non-hydrogen) atoms. The summed E-state index contributed by atoms with van der Waals surface area (Å²) in [6.45, 7) is 2.08. The van der Waals surface area contributed by atoms with Gasteiger partial charge < -0.3 is 10.1 Å². The lowest BCUT2D eigenvalue weighted by atomic mass is 10.2. The minimum Gasteiger partial charge on any atom is -0.452 e. The Labute approximate surface area is 142 Å². The molecule has 0 aliphatic heterocycles. The molecule has 0 bridgehead atoms.